The van der Waals surface area contributed by atoms with Gasteiger partial charge in [0, 0.05) is 44.9 Å². The minimum Gasteiger partial charge on any atom is -0.466 e. The monoisotopic (exact) mass is 989 g/mol. The molecule has 0 aromatic heterocycles. The predicted molar refractivity (Wildman–Crippen MR) is 272 cm³/mol. The van der Waals surface area contributed by atoms with Gasteiger partial charge in [0.15, 0.2) is 0 Å². The molecule has 13 atom stereocenters. The zero-order valence-corrected chi connectivity index (χ0v) is 44.5. The van der Waals surface area contributed by atoms with E-state index in [0.717, 1.165) is 135 Å². The summed E-state index contributed by atoms with van der Waals surface area (Å²) in [6.45, 7) is 6.82. The van der Waals surface area contributed by atoms with Gasteiger partial charge in [0.05, 0.1) is 79.9 Å². The molecular formula is C58H100O12. The van der Waals surface area contributed by atoms with Crippen molar-refractivity contribution in [1.29, 1.82) is 0 Å². The summed E-state index contributed by atoms with van der Waals surface area (Å²) in [7, 11) is 0. The first-order chi connectivity index (χ1) is 34.3. The molecule has 0 aromatic rings. The lowest BCUT2D eigenvalue weighted by atomic mass is 10.0. The van der Waals surface area contributed by atoms with Crippen LogP contribution >= 0.6 is 0 Å². The van der Waals surface area contributed by atoms with Crippen molar-refractivity contribution in [2.75, 3.05) is 13.2 Å². The number of hydrogen-bond acceptors (Lipinski definition) is 12. The van der Waals surface area contributed by atoms with Gasteiger partial charge in [-0.15, -0.1) is 0 Å². The molecule has 6 saturated heterocycles. The highest BCUT2D eigenvalue weighted by molar-refractivity contribution is 5.70. The lowest BCUT2D eigenvalue weighted by molar-refractivity contribution is -0.161. The fourth-order valence-electron chi connectivity index (χ4n) is 10.8. The van der Waals surface area contributed by atoms with Crippen LogP contribution in [-0.2, 0) is 57.0 Å². The molecule has 0 saturated carbocycles. The molecule has 0 aliphatic carbocycles. The second kappa shape index (κ2) is 33.2. The van der Waals surface area contributed by atoms with Gasteiger partial charge < -0.3 is 42.6 Å². The number of esters is 3. The van der Waals surface area contributed by atoms with Crippen molar-refractivity contribution in [2.24, 2.45) is 0 Å². The Bertz CT molecular complexity index is 1440. The van der Waals surface area contributed by atoms with E-state index in [0.29, 0.717) is 98.9 Å². The lowest BCUT2D eigenvalue weighted by Crippen LogP contribution is -2.27. The number of unbranched alkanes of at least 4 members (excludes halogenated alkanes) is 18. The van der Waals surface area contributed by atoms with Crippen LogP contribution < -0.4 is 0 Å². The van der Waals surface area contributed by atoms with Crippen molar-refractivity contribution in [2.45, 2.75) is 338 Å². The third-order valence-corrected chi connectivity index (χ3v) is 15.8. The molecule has 12 heteroatoms. The molecule has 0 spiro atoms. The normalized spacial score (nSPS) is 29.4. The Balaban J connectivity index is 0.761. The van der Waals surface area contributed by atoms with E-state index in [4.69, 9.17) is 42.6 Å². The first-order valence-electron chi connectivity index (χ1n) is 29.8. The molecule has 0 N–H and O–H groups in total. The largest absolute Gasteiger partial charge is 0.466 e. The first kappa shape index (κ1) is 57.4. The van der Waals surface area contributed by atoms with Gasteiger partial charge in [0.25, 0.3) is 0 Å². The van der Waals surface area contributed by atoms with Crippen LogP contribution in [-0.4, -0.2) is 110 Å². The Morgan fingerprint density at radius 2 is 0.629 bits per heavy atom. The summed E-state index contributed by atoms with van der Waals surface area (Å²) in [5.74, 6) is -0.802. The number of carbonyl (C=O) groups excluding carboxylic acids is 3. The minimum atomic E-state index is -0.644. The highest BCUT2D eigenvalue weighted by Crippen LogP contribution is 2.41. The molecule has 0 amide bonds. The van der Waals surface area contributed by atoms with Gasteiger partial charge in [-0.3, -0.25) is 14.4 Å². The lowest BCUT2D eigenvalue weighted by Gasteiger charge is -2.18. The van der Waals surface area contributed by atoms with E-state index in [2.05, 4.69) is 20.8 Å². The summed E-state index contributed by atoms with van der Waals surface area (Å²) in [6.07, 6.45) is 42.6. The van der Waals surface area contributed by atoms with Crippen LogP contribution in [0.2, 0.25) is 0 Å². The molecule has 0 radical (unpaired) electrons. The summed E-state index contributed by atoms with van der Waals surface area (Å²) in [5.41, 5.74) is 0. The van der Waals surface area contributed by atoms with E-state index < -0.39 is 6.10 Å². The van der Waals surface area contributed by atoms with Crippen molar-refractivity contribution >= 4 is 17.9 Å². The highest BCUT2D eigenvalue weighted by Gasteiger charge is 2.49. The maximum Gasteiger partial charge on any atom is 0.306 e. The summed E-state index contributed by atoms with van der Waals surface area (Å²) < 4.78 is 52.4. The molecule has 0 aromatic carbocycles. The fraction of sp³-hybridized carbons (Fsp3) is 0.948. The van der Waals surface area contributed by atoms with Gasteiger partial charge in [0.1, 0.15) is 12.7 Å². The van der Waals surface area contributed by atoms with Gasteiger partial charge in [0.2, 0.25) is 0 Å². The molecule has 404 valence electrons. The maximum atomic E-state index is 13.0. The van der Waals surface area contributed by atoms with Crippen LogP contribution in [0.25, 0.3) is 0 Å². The molecule has 6 aliphatic rings. The standard InChI is InChI=1S/C58H100O12/c1-4-7-19-28-44-50(65-44)39-53-47(68-53)31-22-13-10-16-25-34-56(59)62-38-37-43(64-58(61)36-27-18-12-15-24-33-49-55(70-49)41-52-46(67-52)30-21-9-6-3)42-63-57(60)35-26-17-11-14-23-32-48-54(69-48)40-51-45(66-51)29-20-8-5-2/h43-55H,4-42H2,1-3H3. The maximum absolute atomic E-state index is 13.0. The molecule has 6 aliphatic heterocycles. The van der Waals surface area contributed by atoms with E-state index in [1.54, 1.807) is 0 Å². The third kappa shape index (κ3) is 24.9. The molecule has 6 fully saturated rings. The molecular weight excluding hydrogens is 889 g/mol. The van der Waals surface area contributed by atoms with E-state index in [-0.39, 0.29) is 31.1 Å². The molecule has 6 rings (SSSR count). The van der Waals surface area contributed by atoms with Gasteiger partial charge in [-0.05, 0) is 57.8 Å². The molecule has 0 bridgehead atoms. The average molecular weight is 989 g/mol. The van der Waals surface area contributed by atoms with Crippen molar-refractivity contribution < 1.29 is 57.0 Å². The SMILES string of the molecule is CCCCCC1OC1CC1OC1CCCCCCCC(=O)OCCC(COC(=O)CCCCCCCC1OC1CC1OC1CCCCC)OC(=O)CCCCCCCC1OC1CC1OC1CCCCC. The first-order valence-corrected chi connectivity index (χ1v) is 29.8. The van der Waals surface area contributed by atoms with Crippen LogP contribution in [0.3, 0.4) is 0 Å². The van der Waals surface area contributed by atoms with Gasteiger partial charge in [-0.25, -0.2) is 0 Å². The van der Waals surface area contributed by atoms with Crippen LogP contribution in [0.5, 0.6) is 0 Å². The van der Waals surface area contributed by atoms with Crippen molar-refractivity contribution in [3.05, 3.63) is 0 Å². The van der Waals surface area contributed by atoms with E-state index in [1.165, 1.54) is 77.0 Å². The second-order valence-electron chi connectivity index (χ2n) is 22.2. The fourth-order valence-corrected chi connectivity index (χ4v) is 10.8. The summed E-state index contributed by atoms with van der Waals surface area (Å²) in [6, 6.07) is 0. The molecule has 12 nitrogen and oxygen atoms in total. The van der Waals surface area contributed by atoms with Crippen molar-refractivity contribution in [3.8, 4) is 0 Å². The van der Waals surface area contributed by atoms with Gasteiger partial charge in [-0.1, -0.05) is 156 Å². The average Bonchev–Trinajstić information content (AvgIpc) is 4.09. The van der Waals surface area contributed by atoms with Crippen LogP contribution in [0.15, 0.2) is 0 Å². The zero-order chi connectivity index (χ0) is 49.2. The Hall–Kier alpha value is -1.83. The van der Waals surface area contributed by atoms with Crippen LogP contribution in [0.1, 0.15) is 258 Å². The number of carbonyl (C=O) groups is 3. The Morgan fingerprint density at radius 1 is 0.343 bits per heavy atom. The highest BCUT2D eigenvalue weighted by atomic mass is 16.6. The summed E-state index contributed by atoms with van der Waals surface area (Å²) >= 11 is 0. The second-order valence-corrected chi connectivity index (χ2v) is 22.2. The predicted octanol–water partition coefficient (Wildman–Crippen LogP) is 13.1. The number of hydrogen-bond donors (Lipinski definition) is 0. The number of rotatable bonds is 48. The van der Waals surface area contributed by atoms with Crippen LogP contribution in [0.4, 0.5) is 0 Å². The van der Waals surface area contributed by atoms with Crippen molar-refractivity contribution in [3.63, 3.8) is 0 Å². The minimum absolute atomic E-state index is 0.0206. The van der Waals surface area contributed by atoms with Crippen molar-refractivity contribution in [1.82, 2.24) is 0 Å². The zero-order valence-electron chi connectivity index (χ0n) is 44.5. The Labute approximate surface area is 424 Å². The Morgan fingerprint density at radius 3 is 0.971 bits per heavy atom. The van der Waals surface area contributed by atoms with Gasteiger partial charge in [-0.2, -0.15) is 0 Å². The topological polar surface area (TPSA) is 154 Å². The number of epoxide rings is 6. The molecule has 13 unspecified atom stereocenters. The molecule has 6 heterocycles. The van der Waals surface area contributed by atoms with E-state index in [1.807, 2.05) is 0 Å². The number of ether oxygens (including phenoxy) is 9. The van der Waals surface area contributed by atoms with E-state index >= 15 is 0 Å². The third-order valence-electron chi connectivity index (χ3n) is 15.8. The van der Waals surface area contributed by atoms with Gasteiger partial charge >= 0.3 is 17.9 Å². The molecule has 70 heavy (non-hydrogen) atoms. The summed E-state index contributed by atoms with van der Waals surface area (Å²) in [4.78, 5) is 38.3. The van der Waals surface area contributed by atoms with Crippen LogP contribution in [0, 0.1) is 0 Å². The Kier molecular flexibility index (Phi) is 27.2. The van der Waals surface area contributed by atoms with E-state index in [9.17, 15) is 14.4 Å². The quantitative estimate of drug-likeness (QED) is 0.0247. The summed E-state index contributed by atoms with van der Waals surface area (Å²) in [5, 5.41) is 0. The smallest absolute Gasteiger partial charge is 0.306 e.